The van der Waals surface area contributed by atoms with Crippen LogP contribution in [0.5, 0.6) is 28.7 Å². The summed E-state index contributed by atoms with van der Waals surface area (Å²) < 4.78 is 19.3. The standard InChI is InChI=1S/C77H62N4O11/c1-9-42-13-10-18-48(31-42)90-49-20-26-55-59(35-49)71(87)80(67(55)83)46-16-12-17-47(34-46)81-69(85)57-28-22-51(37-61(57)73(81)89)92-53-24-30-63-65(39-53)76(7,8)41-77(63)40-75(5,6)64-38-52(23-29-62(64)77)91-50-21-27-56-60(36-50)72(88)79(68(56)84)45-15-11-14-44(33-45)78-66(82)54-25-19-43(74(2,3)4)32-58(54)70(78)86/h10-19,21-39,49H,9,20,40-41H2,1-8H3. The van der Waals surface area contributed by atoms with Crippen molar-refractivity contribution in [3.8, 4) is 28.7 Å². The summed E-state index contributed by atoms with van der Waals surface area (Å²) in [5.74, 6) is -1.67. The second kappa shape index (κ2) is 20.4. The van der Waals surface area contributed by atoms with Crippen LogP contribution in [0.25, 0.3) is 0 Å². The maximum Gasteiger partial charge on any atom is 0.266 e. The topological polar surface area (TPSA) is 177 Å². The Morgan fingerprint density at radius 1 is 0.413 bits per heavy atom. The Balaban J connectivity index is 0.636. The Kier molecular flexibility index (Phi) is 12.8. The molecule has 8 aromatic carbocycles. The number of rotatable bonds is 11. The molecule has 15 nitrogen and oxygen atoms in total. The number of benzene rings is 8. The van der Waals surface area contributed by atoms with Gasteiger partial charge in [0.15, 0.2) is 0 Å². The number of fused-ring (bicyclic) bond motifs is 8. The Morgan fingerprint density at radius 3 is 1.30 bits per heavy atom. The molecule has 0 N–H and O–H groups in total. The van der Waals surface area contributed by atoms with E-state index in [1.165, 1.54) is 23.3 Å². The molecule has 7 aliphatic rings. The van der Waals surface area contributed by atoms with Crippen molar-refractivity contribution < 1.29 is 52.6 Å². The molecular weight excluding hydrogens is 1160 g/mol. The lowest BCUT2D eigenvalue weighted by atomic mass is 9.72. The van der Waals surface area contributed by atoms with Crippen molar-refractivity contribution >= 4 is 70.0 Å². The number of hydrogen-bond acceptors (Lipinski definition) is 11. The fourth-order valence-electron chi connectivity index (χ4n) is 14.9. The molecule has 1 spiro atoms. The van der Waals surface area contributed by atoms with Gasteiger partial charge in [0.05, 0.1) is 61.7 Å². The zero-order chi connectivity index (χ0) is 64.2. The molecule has 456 valence electrons. The van der Waals surface area contributed by atoms with Crippen LogP contribution in [0.2, 0.25) is 0 Å². The van der Waals surface area contributed by atoms with Gasteiger partial charge in [0.2, 0.25) is 0 Å². The molecular formula is C77H62N4O11. The average Bonchev–Trinajstić information content (AvgIpc) is 1.53. The van der Waals surface area contributed by atoms with Crippen LogP contribution in [0.1, 0.15) is 170 Å². The molecule has 92 heavy (non-hydrogen) atoms. The van der Waals surface area contributed by atoms with E-state index in [4.69, 9.17) is 14.2 Å². The number of carbonyl (C=O) groups is 8. The molecule has 3 aliphatic carbocycles. The zero-order valence-electron chi connectivity index (χ0n) is 51.9. The number of nitrogens with zero attached hydrogens (tertiary/aromatic N) is 4. The molecule has 1 saturated heterocycles. The second-order valence-electron chi connectivity index (χ2n) is 27.2. The first kappa shape index (κ1) is 57.6. The number of aryl methyl sites for hydroxylation is 1. The van der Waals surface area contributed by atoms with E-state index >= 15 is 0 Å². The number of anilines is 4. The summed E-state index contributed by atoms with van der Waals surface area (Å²) in [6, 6.07) is 47.6. The molecule has 1 fully saturated rings. The summed E-state index contributed by atoms with van der Waals surface area (Å²) in [7, 11) is 0. The van der Waals surface area contributed by atoms with Crippen molar-refractivity contribution in [1.29, 1.82) is 0 Å². The molecule has 0 radical (unpaired) electrons. The van der Waals surface area contributed by atoms with E-state index in [1.54, 1.807) is 97.1 Å². The smallest absolute Gasteiger partial charge is 0.266 e. The van der Waals surface area contributed by atoms with Gasteiger partial charge >= 0.3 is 0 Å². The lowest BCUT2D eigenvalue weighted by Crippen LogP contribution is -2.31. The van der Waals surface area contributed by atoms with E-state index in [-0.39, 0.29) is 77.8 Å². The van der Waals surface area contributed by atoms with E-state index in [1.807, 2.05) is 63.2 Å². The molecule has 2 atom stereocenters. The second-order valence-corrected chi connectivity index (χ2v) is 27.2. The van der Waals surface area contributed by atoms with E-state index < -0.39 is 53.4 Å². The van der Waals surface area contributed by atoms with Crippen LogP contribution in [0.15, 0.2) is 187 Å². The van der Waals surface area contributed by atoms with Crippen molar-refractivity contribution in [2.75, 3.05) is 19.6 Å². The van der Waals surface area contributed by atoms with Crippen LogP contribution in [0.4, 0.5) is 22.7 Å². The van der Waals surface area contributed by atoms with Crippen LogP contribution in [-0.4, -0.2) is 53.4 Å². The lowest BCUT2D eigenvalue weighted by Gasteiger charge is -2.30. The molecule has 8 amide bonds. The SMILES string of the molecule is CCc1cccc(OC2C=C3C(=O)N(c4cccc(N5C(=O)c6ccc(Oc7ccc8c(c7)C(C)(C)CC87CC(C)(C)c8cc(Oc9ccc%10c(c9)C(=O)N(c9cccc(N%11C(=O)c%12ccc(C(C)(C)C)cc%12C%11=O)c9)C%10=O)ccc87)cc6C5=O)c4)C(=O)C3=CC2)c1. The van der Waals surface area contributed by atoms with Gasteiger partial charge in [-0.05, 0) is 196 Å². The van der Waals surface area contributed by atoms with Gasteiger partial charge in [-0.1, -0.05) is 104 Å². The third kappa shape index (κ3) is 8.91. The first-order chi connectivity index (χ1) is 43.9. The molecule has 4 aliphatic heterocycles. The van der Waals surface area contributed by atoms with E-state index in [0.29, 0.717) is 46.3 Å². The third-order valence-electron chi connectivity index (χ3n) is 19.2. The number of imide groups is 4. The molecule has 0 saturated carbocycles. The summed E-state index contributed by atoms with van der Waals surface area (Å²) in [6.45, 7) is 17.1. The highest BCUT2D eigenvalue weighted by Gasteiger charge is 2.56. The first-order valence-electron chi connectivity index (χ1n) is 30.9. The van der Waals surface area contributed by atoms with Gasteiger partial charge in [0, 0.05) is 17.4 Å². The summed E-state index contributed by atoms with van der Waals surface area (Å²) in [5, 5.41) is 0. The van der Waals surface area contributed by atoms with Crippen LogP contribution in [-0.2, 0) is 37.7 Å². The first-order valence-corrected chi connectivity index (χ1v) is 30.9. The minimum absolute atomic E-state index is 0.153. The summed E-state index contributed by atoms with van der Waals surface area (Å²) in [5.41, 5.74) is 8.18. The number of ether oxygens (including phenoxy) is 3. The minimum Gasteiger partial charge on any atom is -0.486 e. The van der Waals surface area contributed by atoms with Crippen molar-refractivity contribution in [3.05, 3.63) is 254 Å². The largest absolute Gasteiger partial charge is 0.486 e. The highest BCUT2D eigenvalue weighted by Crippen LogP contribution is 2.63. The normalized spacial score (nSPS) is 19.8. The van der Waals surface area contributed by atoms with Gasteiger partial charge in [-0.3, -0.25) is 38.4 Å². The maximum atomic E-state index is 14.3. The third-order valence-corrected chi connectivity index (χ3v) is 19.2. The highest BCUT2D eigenvalue weighted by atomic mass is 16.5. The van der Waals surface area contributed by atoms with Crippen LogP contribution >= 0.6 is 0 Å². The number of amides is 8. The summed E-state index contributed by atoms with van der Waals surface area (Å²) in [4.78, 5) is 116. The van der Waals surface area contributed by atoms with Gasteiger partial charge in [-0.2, -0.15) is 0 Å². The summed E-state index contributed by atoms with van der Waals surface area (Å²) >= 11 is 0. The molecule has 15 heteroatoms. The zero-order valence-corrected chi connectivity index (χ0v) is 51.9. The van der Waals surface area contributed by atoms with E-state index in [0.717, 1.165) is 61.1 Å². The van der Waals surface area contributed by atoms with Gasteiger partial charge < -0.3 is 14.2 Å². The van der Waals surface area contributed by atoms with Crippen molar-refractivity contribution in [2.45, 2.75) is 109 Å². The number of hydrogen-bond donors (Lipinski definition) is 0. The molecule has 4 heterocycles. The Morgan fingerprint density at radius 2 is 0.826 bits per heavy atom. The van der Waals surface area contributed by atoms with Crippen LogP contribution in [0.3, 0.4) is 0 Å². The quantitative estimate of drug-likeness (QED) is 0.113. The Bertz CT molecular complexity index is 4790. The molecule has 0 bridgehead atoms. The average molecular weight is 1220 g/mol. The van der Waals surface area contributed by atoms with Crippen molar-refractivity contribution in [2.24, 2.45) is 0 Å². The van der Waals surface area contributed by atoms with Gasteiger partial charge in [0.25, 0.3) is 47.3 Å². The fourth-order valence-corrected chi connectivity index (χ4v) is 14.9. The van der Waals surface area contributed by atoms with Gasteiger partial charge in [-0.15, -0.1) is 0 Å². The van der Waals surface area contributed by atoms with Crippen molar-refractivity contribution in [1.82, 2.24) is 0 Å². The fraction of sp³-hybridized carbons (Fsp3) is 0.221. The predicted octanol–water partition coefficient (Wildman–Crippen LogP) is 14.8. The monoisotopic (exact) mass is 1220 g/mol. The lowest BCUT2D eigenvalue weighted by molar-refractivity contribution is -0.119. The molecule has 15 rings (SSSR count). The molecule has 8 aromatic rings. The predicted molar refractivity (Wildman–Crippen MR) is 347 cm³/mol. The van der Waals surface area contributed by atoms with E-state index in [9.17, 15) is 38.4 Å². The Hall–Kier alpha value is -10.8. The molecule has 0 aromatic heterocycles. The minimum atomic E-state index is -0.573. The maximum absolute atomic E-state index is 14.3. The van der Waals surface area contributed by atoms with Crippen molar-refractivity contribution in [3.63, 3.8) is 0 Å². The summed E-state index contributed by atoms with van der Waals surface area (Å²) in [6.07, 6.45) is 5.84. The molecule has 2 unspecified atom stereocenters. The highest BCUT2D eigenvalue weighted by molar-refractivity contribution is 6.39. The Labute approximate surface area is 531 Å². The number of carbonyl (C=O) groups excluding carboxylic acids is 8. The van der Waals surface area contributed by atoms with E-state index in [2.05, 4.69) is 58.9 Å². The van der Waals surface area contributed by atoms with Gasteiger partial charge in [0.1, 0.15) is 34.9 Å². The van der Waals surface area contributed by atoms with Crippen LogP contribution < -0.4 is 33.8 Å². The van der Waals surface area contributed by atoms with Gasteiger partial charge in [-0.25, -0.2) is 19.6 Å². The van der Waals surface area contributed by atoms with Crippen LogP contribution in [0, 0.1) is 0 Å².